The third-order valence-corrected chi connectivity index (χ3v) is 5.09. The van der Waals surface area contributed by atoms with Gasteiger partial charge in [0.25, 0.3) is 0 Å². The zero-order valence-corrected chi connectivity index (χ0v) is 11.1. The van der Waals surface area contributed by atoms with Gasteiger partial charge in [0.1, 0.15) is 0 Å². The first-order valence-electron chi connectivity index (χ1n) is 6.01. The Morgan fingerprint density at radius 3 is 2.55 bits per heavy atom. The van der Waals surface area contributed by atoms with E-state index in [0.717, 1.165) is 12.1 Å². The molecule has 0 aliphatic carbocycles. The zero-order chi connectivity index (χ0) is 14.3. The number of hydrogen-bond acceptors (Lipinski definition) is 3. The van der Waals surface area contributed by atoms with Gasteiger partial charge in [0, 0.05) is 11.8 Å². The number of anilines is 1. The molecule has 0 fully saturated rings. The fourth-order valence-corrected chi connectivity index (χ4v) is 4.09. The van der Waals surface area contributed by atoms with E-state index in [4.69, 9.17) is 0 Å². The highest BCUT2D eigenvalue weighted by molar-refractivity contribution is 7.91. The van der Waals surface area contributed by atoms with Crippen molar-refractivity contribution in [2.24, 2.45) is 0 Å². The molecule has 2 aromatic rings. The molecule has 0 amide bonds. The van der Waals surface area contributed by atoms with Gasteiger partial charge in [-0.3, -0.25) is 0 Å². The van der Waals surface area contributed by atoms with Gasteiger partial charge in [0.05, 0.1) is 16.7 Å². The summed E-state index contributed by atoms with van der Waals surface area (Å²) in [5, 5.41) is 2.93. The number of nitrogens with one attached hydrogen (secondary N) is 1. The van der Waals surface area contributed by atoms with Gasteiger partial charge < -0.3 is 5.32 Å². The molecule has 1 unspecified atom stereocenters. The fraction of sp³-hybridized carbons (Fsp3) is 0.143. The number of benzene rings is 2. The highest BCUT2D eigenvalue weighted by Crippen LogP contribution is 2.35. The normalized spacial score (nSPS) is 19.6. The molecule has 1 aliphatic heterocycles. The molecule has 1 atom stereocenters. The van der Waals surface area contributed by atoms with E-state index < -0.39 is 27.5 Å². The van der Waals surface area contributed by atoms with Crippen molar-refractivity contribution < 1.29 is 17.2 Å². The Balaban J connectivity index is 1.95. The van der Waals surface area contributed by atoms with Crippen molar-refractivity contribution in [3.05, 3.63) is 59.7 Å². The molecule has 0 aromatic heterocycles. The topological polar surface area (TPSA) is 46.2 Å². The Bertz CT molecular complexity index is 774. The summed E-state index contributed by atoms with van der Waals surface area (Å²) < 4.78 is 50.0. The van der Waals surface area contributed by atoms with Gasteiger partial charge in [-0.1, -0.05) is 18.2 Å². The van der Waals surface area contributed by atoms with Gasteiger partial charge in [-0.05, 0) is 23.8 Å². The van der Waals surface area contributed by atoms with Crippen LogP contribution in [0.3, 0.4) is 0 Å². The average molecular weight is 295 g/mol. The molecule has 104 valence electrons. The predicted octanol–water partition coefficient (Wildman–Crippen LogP) is 2.91. The number of rotatable bonds is 2. The Labute approximate surface area is 115 Å². The fourth-order valence-electron chi connectivity index (χ4n) is 2.36. The first-order valence-corrected chi connectivity index (χ1v) is 7.66. The Hall–Kier alpha value is -1.95. The molecule has 3 nitrogen and oxygen atoms in total. The van der Waals surface area contributed by atoms with Crippen LogP contribution in [0.15, 0.2) is 47.4 Å². The largest absolute Gasteiger partial charge is 0.377 e. The molecule has 0 radical (unpaired) electrons. The summed E-state index contributed by atoms with van der Waals surface area (Å²) in [4.78, 5) is 0.292. The number of fused-ring (bicyclic) bond motifs is 1. The van der Waals surface area contributed by atoms with E-state index in [1.54, 1.807) is 24.3 Å². The Morgan fingerprint density at radius 2 is 1.80 bits per heavy atom. The van der Waals surface area contributed by atoms with Gasteiger partial charge in [-0.15, -0.1) is 0 Å². The summed E-state index contributed by atoms with van der Waals surface area (Å²) >= 11 is 0. The van der Waals surface area contributed by atoms with Gasteiger partial charge in [0.2, 0.25) is 0 Å². The molecule has 6 heteroatoms. The summed E-state index contributed by atoms with van der Waals surface area (Å²) in [5.74, 6) is -2.00. The monoisotopic (exact) mass is 295 g/mol. The quantitative estimate of drug-likeness (QED) is 0.926. The molecule has 1 N–H and O–H groups in total. The van der Waals surface area contributed by atoms with E-state index in [0.29, 0.717) is 16.1 Å². The number of halogens is 2. The van der Waals surface area contributed by atoms with Crippen molar-refractivity contribution in [2.75, 3.05) is 11.1 Å². The van der Waals surface area contributed by atoms with Gasteiger partial charge in [0.15, 0.2) is 21.5 Å². The van der Waals surface area contributed by atoms with Crippen LogP contribution in [0.2, 0.25) is 0 Å². The standard InChI is InChI=1S/C14H11F2NO2S/c15-11-6-5-9(7-12(11)16)17-13-8-20(18,19)14-4-2-1-3-10(13)14/h1-7,13,17H,8H2. The summed E-state index contributed by atoms with van der Waals surface area (Å²) in [7, 11) is -3.32. The lowest BCUT2D eigenvalue weighted by molar-refractivity contribution is 0.509. The minimum atomic E-state index is -3.32. The SMILES string of the molecule is O=S1(=O)CC(Nc2ccc(F)c(F)c2)c2ccccc21. The average Bonchev–Trinajstić information content (AvgIpc) is 2.66. The van der Waals surface area contributed by atoms with Crippen LogP contribution in [0, 0.1) is 11.6 Å². The smallest absolute Gasteiger partial charge is 0.181 e. The van der Waals surface area contributed by atoms with E-state index in [1.807, 2.05) is 0 Å². The van der Waals surface area contributed by atoms with Crippen LogP contribution in [0.4, 0.5) is 14.5 Å². The maximum atomic E-state index is 13.2. The van der Waals surface area contributed by atoms with Crippen LogP contribution >= 0.6 is 0 Å². The lowest BCUT2D eigenvalue weighted by atomic mass is 10.1. The summed E-state index contributed by atoms with van der Waals surface area (Å²) in [6.07, 6.45) is 0. The van der Waals surface area contributed by atoms with E-state index in [9.17, 15) is 17.2 Å². The van der Waals surface area contributed by atoms with Crippen LogP contribution < -0.4 is 5.32 Å². The molecular formula is C14H11F2NO2S. The third kappa shape index (κ3) is 2.16. The highest BCUT2D eigenvalue weighted by Gasteiger charge is 2.34. The zero-order valence-electron chi connectivity index (χ0n) is 10.3. The number of sulfone groups is 1. The highest BCUT2D eigenvalue weighted by atomic mass is 32.2. The van der Waals surface area contributed by atoms with Crippen molar-refractivity contribution >= 4 is 15.5 Å². The van der Waals surface area contributed by atoms with Crippen molar-refractivity contribution in [3.8, 4) is 0 Å². The molecule has 3 rings (SSSR count). The number of hydrogen-bond donors (Lipinski definition) is 1. The van der Waals surface area contributed by atoms with Gasteiger partial charge in [-0.25, -0.2) is 17.2 Å². The minimum Gasteiger partial charge on any atom is -0.377 e. The summed E-state index contributed by atoms with van der Waals surface area (Å²) in [6.45, 7) is 0. The second-order valence-corrected chi connectivity index (χ2v) is 6.65. The third-order valence-electron chi connectivity index (χ3n) is 3.28. The van der Waals surface area contributed by atoms with Crippen LogP contribution in [-0.4, -0.2) is 14.2 Å². The Morgan fingerprint density at radius 1 is 1.05 bits per heavy atom. The molecule has 0 bridgehead atoms. The molecule has 20 heavy (non-hydrogen) atoms. The first kappa shape index (κ1) is 13.1. The van der Waals surface area contributed by atoms with E-state index >= 15 is 0 Å². The van der Waals surface area contributed by atoms with E-state index in [-0.39, 0.29) is 5.75 Å². The van der Waals surface area contributed by atoms with Gasteiger partial charge >= 0.3 is 0 Å². The molecule has 2 aromatic carbocycles. The van der Waals surface area contributed by atoms with Crippen LogP contribution in [0.25, 0.3) is 0 Å². The second-order valence-electron chi connectivity index (χ2n) is 4.65. The van der Waals surface area contributed by atoms with E-state index in [1.165, 1.54) is 6.07 Å². The molecule has 1 heterocycles. The maximum absolute atomic E-state index is 13.2. The molecule has 1 aliphatic rings. The predicted molar refractivity (Wildman–Crippen MR) is 71.2 cm³/mol. The summed E-state index contributed by atoms with van der Waals surface area (Å²) in [5.41, 5.74) is 0.998. The maximum Gasteiger partial charge on any atom is 0.181 e. The van der Waals surface area contributed by atoms with Crippen LogP contribution in [-0.2, 0) is 9.84 Å². The molecular weight excluding hydrogens is 284 g/mol. The minimum absolute atomic E-state index is 0.0919. The lowest BCUT2D eigenvalue weighted by Crippen LogP contribution is -2.13. The summed E-state index contributed by atoms with van der Waals surface area (Å²) in [6, 6.07) is 9.63. The van der Waals surface area contributed by atoms with Crippen LogP contribution in [0.1, 0.15) is 11.6 Å². The van der Waals surface area contributed by atoms with Crippen molar-refractivity contribution in [2.45, 2.75) is 10.9 Å². The van der Waals surface area contributed by atoms with Gasteiger partial charge in [-0.2, -0.15) is 0 Å². The molecule has 0 saturated heterocycles. The second kappa shape index (κ2) is 4.56. The van der Waals surface area contributed by atoms with Crippen molar-refractivity contribution in [1.82, 2.24) is 0 Å². The lowest BCUT2D eigenvalue weighted by Gasteiger charge is -2.14. The van der Waals surface area contributed by atoms with Crippen molar-refractivity contribution in [3.63, 3.8) is 0 Å². The Kier molecular flexibility index (Phi) is 2.97. The van der Waals surface area contributed by atoms with Crippen LogP contribution in [0.5, 0.6) is 0 Å². The molecule has 0 saturated carbocycles. The first-order chi connectivity index (χ1) is 9.47. The molecule has 0 spiro atoms. The van der Waals surface area contributed by atoms with Crippen molar-refractivity contribution in [1.29, 1.82) is 0 Å². The van der Waals surface area contributed by atoms with E-state index in [2.05, 4.69) is 5.32 Å².